The van der Waals surface area contributed by atoms with Crippen molar-refractivity contribution < 1.29 is 5.11 Å². The van der Waals surface area contributed by atoms with Crippen molar-refractivity contribution in [3.8, 4) is 0 Å². The van der Waals surface area contributed by atoms with Crippen LogP contribution in [0, 0.1) is 0 Å². The van der Waals surface area contributed by atoms with E-state index in [1.165, 1.54) is 0 Å². The molecule has 1 fully saturated rings. The molecule has 0 radical (unpaired) electrons. The first-order valence-corrected chi connectivity index (χ1v) is 7.29. The minimum atomic E-state index is -0.640. The Morgan fingerprint density at radius 3 is 2.52 bits per heavy atom. The van der Waals surface area contributed by atoms with Gasteiger partial charge in [0.25, 0.3) is 0 Å². The van der Waals surface area contributed by atoms with Gasteiger partial charge in [-0.1, -0.05) is 0 Å². The predicted octanol–water partition coefficient (Wildman–Crippen LogP) is 0.918. The smallest absolute Gasteiger partial charge is 0.180 e. The molecule has 1 N–H and O–H groups in total. The van der Waals surface area contributed by atoms with Crippen LogP contribution in [0.25, 0.3) is 11.2 Å². The second-order valence-electron chi connectivity index (χ2n) is 6.14. The average Bonchev–Trinajstić information content (AvgIpc) is 2.46. The summed E-state index contributed by atoms with van der Waals surface area (Å²) in [6.07, 6.45) is 3.35. The Bertz CT molecular complexity index is 617. The van der Waals surface area contributed by atoms with Gasteiger partial charge in [0.15, 0.2) is 5.65 Å². The van der Waals surface area contributed by atoms with Gasteiger partial charge in [0.05, 0.1) is 5.60 Å². The van der Waals surface area contributed by atoms with Crippen molar-refractivity contribution >= 4 is 17.0 Å². The quantitative estimate of drug-likeness (QED) is 0.905. The third-order valence-electron chi connectivity index (χ3n) is 3.62. The van der Waals surface area contributed by atoms with Crippen LogP contribution >= 0.6 is 0 Å². The van der Waals surface area contributed by atoms with Crippen molar-refractivity contribution in [1.82, 2.24) is 19.9 Å². The van der Waals surface area contributed by atoms with Crippen molar-refractivity contribution in [2.24, 2.45) is 0 Å². The zero-order valence-electron chi connectivity index (χ0n) is 12.5. The molecule has 2 aromatic rings. The van der Waals surface area contributed by atoms with Crippen molar-refractivity contribution in [1.29, 1.82) is 0 Å². The van der Waals surface area contributed by atoms with E-state index in [0.29, 0.717) is 12.2 Å². The fourth-order valence-electron chi connectivity index (χ4n) is 2.70. The van der Waals surface area contributed by atoms with Crippen molar-refractivity contribution in [3.63, 3.8) is 0 Å². The average molecular weight is 287 g/mol. The largest absolute Gasteiger partial charge is 0.389 e. The lowest BCUT2D eigenvalue weighted by Crippen LogP contribution is -2.50. The molecule has 2 aromatic heterocycles. The molecule has 3 heterocycles. The highest BCUT2D eigenvalue weighted by molar-refractivity contribution is 5.71. The minimum Gasteiger partial charge on any atom is -0.389 e. The second kappa shape index (κ2) is 5.54. The summed E-state index contributed by atoms with van der Waals surface area (Å²) in [5.74, 6) is 0.950. The van der Waals surface area contributed by atoms with Gasteiger partial charge in [-0.3, -0.25) is 9.88 Å². The normalized spacial score (nSPS) is 17.4. The summed E-state index contributed by atoms with van der Waals surface area (Å²) in [6, 6.07) is 3.97. The first-order valence-electron chi connectivity index (χ1n) is 7.29. The molecule has 6 heteroatoms. The molecule has 6 nitrogen and oxygen atoms in total. The molecule has 112 valence electrons. The summed E-state index contributed by atoms with van der Waals surface area (Å²) < 4.78 is 0. The topological polar surface area (TPSA) is 65.4 Å². The number of hydrogen-bond acceptors (Lipinski definition) is 6. The Morgan fingerprint density at radius 1 is 1.10 bits per heavy atom. The molecule has 0 spiro atoms. The first-order chi connectivity index (χ1) is 10.0. The molecule has 1 aliphatic rings. The molecule has 1 saturated heterocycles. The standard InChI is InChI=1S/C15H21N5O/c1-15(2,21)11-19-7-9-20(10-8-19)13-4-3-12-14(18-13)17-6-5-16-12/h3-6,21H,7-11H2,1-2H3. The van der Waals surface area contributed by atoms with Crippen LogP contribution in [0.2, 0.25) is 0 Å². The summed E-state index contributed by atoms with van der Waals surface area (Å²) in [4.78, 5) is 17.6. The SMILES string of the molecule is CC(C)(O)CN1CCN(c2ccc3nccnc3n2)CC1. The van der Waals surface area contributed by atoms with E-state index < -0.39 is 5.60 Å². The molecule has 0 unspecified atom stereocenters. The van der Waals surface area contributed by atoms with E-state index in [9.17, 15) is 5.11 Å². The van der Waals surface area contributed by atoms with Gasteiger partial charge in [0.1, 0.15) is 11.3 Å². The maximum Gasteiger partial charge on any atom is 0.180 e. The van der Waals surface area contributed by atoms with Gasteiger partial charge < -0.3 is 10.0 Å². The van der Waals surface area contributed by atoms with E-state index in [-0.39, 0.29) is 0 Å². The van der Waals surface area contributed by atoms with Crippen LogP contribution in [0.3, 0.4) is 0 Å². The highest BCUT2D eigenvalue weighted by Crippen LogP contribution is 2.17. The highest BCUT2D eigenvalue weighted by Gasteiger charge is 2.23. The molecule has 3 rings (SSSR count). The van der Waals surface area contributed by atoms with Crippen molar-refractivity contribution in [2.75, 3.05) is 37.6 Å². The lowest BCUT2D eigenvalue weighted by atomic mass is 10.1. The number of rotatable bonds is 3. The zero-order valence-corrected chi connectivity index (χ0v) is 12.5. The van der Waals surface area contributed by atoms with E-state index in [1.54, 1.807) is 12.4 Å². The summed E-state index contributed by atoms with van der Waals surface area (Å²) in [7, 11) is 0. The molecule has 0 atom stereocenters. The van der Waals surface area contributed by atoms with Gasteiger partial charge in [-0.15, -0.1) is 0 Å². The molecular weight excluding hydrogens is 266 g/mol. The third kappa shape index (κ3) is 3.46. The fourth-order valence-corrected chi connectivity index (χ4v) is 2.70. The minimum absolute atomic E-state index is 0.640. The third-order valence-corrected chi connectivity index (χ3v) is 3.62. The van der Waals surface area contributed by atoms with Crippen LogP contribution in [-0.4, -0.2) is 63.3 Å². The van der Waals surface area contributed by atoms with Crippen LogP contribution in [0.1, 0.15) is 13.8 Å². The second-order valence-corrected chi connectivity index (χ2v) is 6.14. The number of aromatic nitrogens is 3. The Kier molecular flexibility index (Phi) is 3.73. The van der Waals surface area contributed by atoms with E-state index in [0.717, 1.165) is 37.5 Å². The van der Waals surface area contributed by atoms with Crippen LogP contribution in [-0.2, 0) is 0 Å². The number of β-amino-alcohol motifs (C(OH)–C–C–N with tert-alkyl or cyclic N) is 1. The summed E-state index contributed by atoms with van der Waals surface area (Å²) >= 11 is 0. The maximum atomic E-state index is 9.89. The number of piperazine rings is 1. The van der Waals surface area contributed by atoms with Crippen molar-refractivity contribution in [2.45, 2.75) is 19.4 Å². The first kappa shape index (κ1) is 14.2. The fraction of sp³-hybridized carbons (Fsp3) is 0.533. The number of nitrogens with zero attached hydrogens (tertiary/aromatic N) is 5. The number of hydrogen-bond donors (Lipinski definition) is 1. The number of pyridine rings is 1. The van der Waals surface area contributed by atoms with Crippen LogP contribution in [0.15, 0.2) is 24.5 Å². The van der Waals surface area contributed by atoms with Crippen LogP contribution in [0.5, 0.6) is 0 Å². The van der Waals surface area contributed by atoms with Gasteiger partial charge in [0.2, 0.25) is 0 Å². The summed E-state index contributed by atoms with van der Waals surface area (Å²) in [5, 5.41) is 9.89. The monoisotopic (exact) mass is 287 g/mol. The van der Waals surface area contributed by atoms with Crippen LogP contribution < -0.4 is 4.90 Å². The molecule has 0 saturated carbocycles. The van der Waals surface area contributed by atoms with E-state index >= 15 is 0 Å². The van der Waals surface area contributed by atoms with Gasteiger partial charge >= 0.3 is 0 Å². The Morgan fingerprint density at radius 2 is 1.81 bits per heavy atom. The molecule has 0 aliphatic carbocycles. The Labute approximate surface area is 124 Å². The molecule has 21 heavy (non-hydrogen) atoms. The van der Waals surface area contributed by atoms with Gasteiger partial charge in [0, 0.05) is 45.1 Å². The van der Waals surface area contributed by atoms with Gasteiger partial charge in [-0.25, -0.2) is 9.97 Å². The predicted molar refractivity (Wildman–Crippen MR) is 82.3 cm³/mol. The number of anilines is 1. The number of aliphatic hydroxyl groups is 1. The van der Waals surface area contributed by atoms with E-state index in [4.69, 9.17) is 0 Å². The Balaban J connectivity index is 1.68. The molecule has 0 bridgehead atoms. The summed E-state index contributed by atoms with van der Waals surface area (Å²) in [6.45, 7) is 8.10. The number of fused-ring (bicyclic) bond motifs is 1. The van der Waals surface area contributed by atoms with E-state index in [2.05, 4.69) is 24.8 Å². The molecule has 0 aromatic carbocycles. The highest BCUT2D eigenvalue weighted by atomic mass is 16.3. The molecule has 1 aliphatic heterocycles. The van der Waals surface area contributed by atoms with Gasteiger partial charge in [-0.2, -0.15) is 0 Å². The van der Waals surface area contributed by atoms with E-state index in [1.807, 2.05) is 26.0 Å². The van der Waals surface area contributed by atoms with Gasteiger partial charge in [-0.05, 0) is 26.0 Å². The Hall–Kier alpha value is -1.79. The van der Waals surface area contributed by atoms with Crippen molar-refractivity contribution in [3.05, 3.63) is 24.5 Å². The lowest BCUT2D eigenvalue weighted by molar-refractivity contribution is 0.0345. The molecular formula is C15H21N5O. The molecule has 0 amide bonds. The zero-order chi connectivity index (χ0) is 14.9. The lowest BCUT2D eigenvalue weighted by Gasteiger charge is -2.37. The van der Waals surface area contributed by atoms with Crippen LogP contribution in [0.4, 0.5) is 5.82 Å². The summed E-state index contributed by atoms with van der Waals surface area (Å²) in [5.41, 5.74) is 0.870. The maximum absolute atomic E-state index is 9.89.